The molecule has 0 fully saturated rings. The summed E-state index contributed by atoms with van der Waals surface area (Å²) in [5.41, 5.74) is 2.45. The van der Waals surface area contributed by atoms with Gasteiger partial charge in [0, 0.05) is 5.56 Å². The van der Waals surface area contributed by atoms with E-state index in [0.717, 1.165) is 11.3 Å². The Morgan fingerprint density at radius 1 is 1.39 bits per heavy atom. The number of hydrogen-bond donors (Lipinski definition) is 2. The number of ether oxygens (including phenoxy) is 1. The summed E-state index contributed by atoms with van der Waals surface area (Å²) in [5, 5.41) is 8.99. The van der Waals surface area contributed by atoms with Gasteiger partial charge in [0.25, 0.3) is 0 Å². The first-order valence-corrected chi connectivity index (χ1v) is 6.01. The van der Waals surface area contributed by atoms with Crippen molar-refractivity contribution in [2.45, 2.75) is 46.3 Å². The molecule has 0 atom stereocenters. The lowest BCUT2D eigenvalue weighted by Crippen LogP contribution is -2.45. The van der Waals surface area contributed by atoms with Crippen molar-refractivity contribution in [3.8, 4) is 5.75 Å². The molecule has 4 heteroatoms. The quantitative estimate of drug-likeness (QED) is 0.624. The second-order valence-corrected chi connectivity index (χ2v) is 5.21. The van der Waals surface area contributed by atoms with Gasteiger partial charge < -0.3 is 9.94 Å². The smallest absolute Gasteiger partial charge is 0.184 e. The zero-order valence-electron chi connectivity index (χ0n) is 11.6. The summed E-state index contributed by atoms with van der Waals surface area (Å²) < 4.78 is 5.57. The number of rotatable bonds is 5. The lowest BCUT2D eigenvalue weighted by Gasteiger charge is -2.22. The summed E-state index contributed by atoms with van der Waals surface area (Å²) >= 11 is 0. The predicted molar refractivity (Wildman–Crippen MR) is 70.3 cm³/mol. The fourth-order valence-electron chi connectivity index (χ4n) is 1.62. The van der Waals surface area contributed by atoms with Crippen LogP contribution in [0.2, 0.25) is 0 Å². The molecule has 0 saturated carbocycles. The molecular formula is C14H21NO3. The predicted octanol–water partition coefficient (Wildman–Crippen LogP) is 2.72. The second-order valence-electron chi connectivity index (χ2n) is 5.21. The van der Waals surface area contributed by atoms with Gasteiger partial charge in [0.2, 0.25) is 0 Å². The molecule has 0 aliphatic rings. The number of hydrogen-bond acceptors (Lipinski definition) is 4. The molecule has 0 unspecified atom stereocenters. The molecule has 4 nitrogen and oxygen atoms in total. The van der Waals surface area contributed by atoms with E-state index in [1.807, 2.05) is 32.3 Å². The maximum atomic E-state index is 12.2. The van der Waals surface area contributed by atoms with Gasteiger partial charge in [-0.3, -0.25) is 4.79 Å². The van der Waals surface area contributed by atoms with Crippen LogP contribution in [0.25, 0.3) is 0 Å². The van der Waals surface area contributed by atoms with Crippen LogP contribution in [0.1, 0.15) is 43.6 Å². The maximum Gasteiger partial charge on any atom is 0.184 e. The Kier molecular flexibility index (Phi) is 4.48. The summed E-state index contributed by atoms with van der Waals surface area (Å²) in [6.07, 6.45) is 0.0986. The normalized spacial score (nSPS) is 11.7. The lowest BCUT2D eigenvalue weighted by molar-refractivity contribution is 0.0568. The molecule has 0 heterocycles. The van der Waals surface area contributed by atoms with Crippen LogP contribution in [0.15, 0.2) is 18.2 Å². The molecule has 100 valence electrons. The van der Waals surface area contributed by atoms with Crippen LogP contribution in [0.5, 0.6) is 5.75 Å². The average molecular weight is 251 g/mol. The molecule has 0 radical (unpaired) electrons. The van der Waals surface area contributed by atoms with Gasteiger partial charge >= 0.3 is 0 Å². The number of ketones is 1. The Balaban J connectivity index is 3.03. The Bertz CT molecular complexity index is 439. The molecule has 18 heavy (non-hydrogen) atoms. The highest BCUT2D eigenvalue weighted by Crippen LogP contribution is 2.22. The number of carbonyl (C=O) groups is 1. The number of nitrogens with one attached hydrogen (secondary N) is 1. The zero-order chi connectivity index (χ0) is 13.9. The van der Waals surface area contributed by atoms with Crippen LogP contribution in [-0.4, -0.2) is 22.6 Å². The topological polar surface area (TPSA) is 58.6 Å². The van der Waals surface area contributed by atoms with Gasteiger partial charge in [-0.2, -0.15) is 5.48 Å². The molecule has 0 bridgehead atoms. The van der Waals surface area contributed by atoms with Crippen LogP contribution in [0.3, 0.4) is 0 Å². The van der Waals surface area contributed by atoms with E-state index in [4.69, 9.17) is 9.94 Å². The lowest BCUT2D eigenvalue weighted by atomic mass is 9.91. The van der Waals surface area contributed by atoms with Crippen molar-refractivity contribution < 1.29 is 14.7 Å². The summed E-state index contributed by atoms with van der Waals surface area (Å²) in [5.74, 6) is 0.590. The molecule has 0 aliphatic heterocycles. The average Bonchev–Trinajstić information content (AvgIpc) is 2.27. The van der Waals surface area contributed by atoms with E-state index in [1.165, 1.54) is 0 Å². The van der Waals surface area contributed by atoms with Gasteiger partial charge in [-0.15, -0.1) is 0 Å². The number of Topliss-reactive ketones (excluding diaryl/α,β-unsaturated/α-hetero) is 1. The minimum Gasteiger partial charge on any atom is -0.491 e. The van der Waals surface area contributed by atoms with Crippen LogP contribution < -0.4 is 10.2 Å². The van der Waals surface area contributed by atoms with Crippen molar-refractivity contribution in [1.29, 1.82) is 0 Å². The summed E-state index contributed by atoms with van der Waals surface area (Å²) in [6, 6.07) is 5.34. The van der Waals surface area contributed by atoms with Crippen molar-refractivity contribution in [2.75, 3.05) is 0 Å². The van der Waals surface area contributed by atoms with E-state index in [-0.39, 0.29) is 11.9 Å². The maximum absolute atomic E-state index is 12.2. The van der Waals surface area contributed by atoms with Crippen molar-refractivity contribution in [3.63, 3.8) is 0 Å². The van der Waals surface area contributed by atoms with Crippen LogP contribution in [-0.2, 0) is 0 Å². The Morgan fingerprint density at radius 2 is 2.00 bits per heavy atom. The van der Waals surface area contributed by atoms with Crippen molar-refractivity contribution in [2.24, 2.45) is 0 Å². The minimum atomic E-state index is -0.995. The van der Waals surface area contributed by atoms with Gasteiger partial charge in [-0.25, -0.2) is 0 Å². The van der Waals surface area contributed by atoms with Crippen molar-refractivity contribution in [3.05, 3.63) is 29.3 Å². The van der Waals surface area contributed by atoms with Crippen LogP contribution >= 0.6 is 0 Å². The molecule has 0 aromatic heterocycles. The third-order valence-corrected chi connectivity index (χ3v) is 2.66. The van der Waals surface area contributed by atoms with E-state index in [0.29, 0.717) is 5.56 Å². The monoisotopic (exact) mass is 251 g/mol. The first-order chi connectivity index (χ1) is 8.27. The van der Waals surface area contributed by atoms with Gasteiger partial charge in [0.15, 0.2) is 5.78 Å². The van der Waals surface area contributed by atoms with E-state index < -0.39 is 5.54 Å². The molecule has 2 N–H and O–H groups in total. The van der Waals surface area contributed by atoms with Crippen LogP contribution in [0, 0.1) is 6.92 Å². The van der Waals surface area contributed by atoms with E-state index in [1.54, 1.807) is 26.0 Å². The van der Waals surface area contributed by atoms with Gasteiger partial charge in [-0.1, -0.05) is 0 Å². The molecule has 0 amide bonds. The molecule has 1 rings (SSSR count). The number of aryl methyl sites for hydroxylation is 1. The highest BCUT2D eigenvalue weighted by atomic mass is 16.5. The van der Waals surface area contributed by atoms with Gasteiger partial charge in [0.1, 0.15) is 11.3 Å². The van der Waals surface area contributed by atoms with Gasteiger partial charge in [-0.05, 0) is 58.4 Å². The second kappa shape index (κ2) is 5.50. The molecule has 1 aromatic rings. The fraction of sp³-hybridized carbons (Fsp3) is 0.500. The standard InChI is InChI=1S/C14H21NO3/c1-9(2)18-11-6-7-12(10(3)8-11)13(16)14(4,5)15-17/h6-9,15,17H,1-5H3. The van der Waals surface area contributed by atoms with E-state index in [2.05, 4.69) is 0 Å². The third kappa shape index (κ3) is 3.31. The molecule has 0 aliphatic carbocycles. The van der Waals surface area contributed by atoms with Crippen LogP contribution in [0.4, 0.5) is 0 Å². The summed E-state index contributed by atoms with van der Waals surface area (Å²) in [4.78, 5) is 12.2. The fourth-order valence-corrected chi connectivity index (χ4v) is 1.62. The Labute approximate surface area is 108 Å². The third-order valence-electron chi connectivity index (χ3n) is 2.66. The summed E-state index contributed by atoms with van der Waals surface area (Å²) in [6.45, 7) is 9.02. The SMILES string of the molecule is Cc1cc(OC(C)C)ccc1C(=O)C(C)(C)NO. The van der Waals surface area contributed by atoms with Gasteiger partial charge in [0.05, 0.1) is 6.10 Å². The van der Waals surface area contributed by atoms with Crippen molar-refractivity contribution >= 4 is 5.78 Å². The minimum absolute atomic E-state index is 0.0986. The highest BCUT2D eigenvalue weighted by molar-refractivity contribution is 6.03. The molecule has 0 spiro atoms. The summed E-state index contributed by atoms with van der Waals surface area (Å²) in [7, 11) is 0. The van der Waals surface area contributed by atoms with E-state index >= 15 is 0 Å². The number of hydroxylamine groups is 1. The molecular weight excluding hydrogens is 230 g/mol. The Morgan fingerprint density at radius 3 is 2.44 bits per heavy atom. The highest BCUT2D eigenvalue weighted by Gasteiger charge is 2.28. The molecule has 0 saturated heterocycles. The van der Waals surface area contributed by atoms with Crippen molar-refractivity contribution in [1.82, 2.24) is 5.48 Å². The largest absolute Gasteiger partial charge is 0.491 e. The van der Waals surface area contributed by atoms with E-state index in [9.17, 15) is 4.79 Å². The Hall–Kier alpha value is -1.39. The molecule has 1 aromatic carbocycles. The first kappa shape index (κ1) is 14.7. The first-order valence-electron chi connectivity index (χ1n) is 6.01. The zero-order valence-corrected chi connectivity index (χ0v) is 11.6. The number of carbonyl (C=O) groups excluding carboxylic acids is 1. The number of benzene rings is 1.